The van der Waals surface area contributed by atoms with Gasteiger partial charge in [-0.25, -0.2) is 9.89 Å². The van der Waals surface area contributed by atoms with Gasteiger partial charge in [0, 0.05) is 17.0 Å². The van der Waals surface area contributed by atoms with Gasteiger partial charge in [0.15, 0.2) is 17.3 Å². The molecule has 0 saturated heterocycles. The fraction of sp³-hybridized carbons (Fsp3) is 0.211. The number of rotatable bonds is 7. The second kappa shape index (κ2) is 8.62. The Morgan fingerprint density at radius 3 is 2.32 bits per heavy atom. The lowest BCUT2D eigenvalue weighted by molar-refractivity contribution is 0.324. The number of aromatic amines is 1. The molecule has 2 aromatic carbocycles. The topological polar surface area (TPSA) is 90.7 Å². The zero-order valence-corrected chi connectivity index (χ0v) is 16.4. The van der Waals surface area contributed by atoms with E-state index in [-0.39, 0.29) is 0 Å². The van der Waals surface area contributed by atoms with Crippen molar-refractivity contribution in [1.82, 2.24) is 14.9 Å². The van der Waals surface area contributed by atoms with E-state index < -0.39 is 5.69 Å². The van der Waals surface area contributed by atoms with Crippen LogP contribution in [0.4, 0.5) is 0 Å². The third-order valence-electron chi connectivity index (χ3n) is 4.00. The predicted octanol–water partition coefficient (Wildman–Crippen LogP) is 2.72. The molecule has 1 N–H and O–H groups in total. The second-order valence-corrected chi connectivity index (χ2v) is 6.20. The SMILES string of the molecule is COc1cc(C=Nn2c(Cc3ccc(Cl)cc3)n[nH]c2=O)cc(OC)c1OC. The molecule has 3 rings (SSSR count). The standard InChI is InChI=1S/C19H19ClN4O4/c1-26-15-8-13(9-16(27-2)18(15)28-3)11-21-24-17(22-23-19(24)25)10-12-4-6-14(20)7-5-12/h4-9,11H,10H2,1-3H3,(H,23,25). The molecule has 0 bridgehead atoms. The lowest BCUT2D eigenvalue weighted by Gasteiger charge is -2.12. The minimum Gasteiger partial charge on any atom is -0.493 e. The lowest BCUT2D eigenvalue weighted by atomic mass is 10.1. The first kappa shape index (κ1) is 19.5. The predicted molar refractivity (Wildman–Crippen MR) is 106 cm³/mol. The van der Waals surface area contributed by atoms with Gasteiger partial charge in [-0.15, -0.1) is 0 Å². The van der Waals surface area contributed by atoms with E-state index in [9.17, 15) is 4.79 Å². The molecule has 0 unspecified atom stereocenters. The van der Waals surface area contributed by atoms with E-state index in [1.807, 2.05) is 12.1 Å². The number of aromatic nitrogens is 3. The van der Waals surface area contributed by atoms with Gasteiger partial charge in [-0.1, -0.05) is 23.7 Å². The van der Waals surface area contributed by atoms with E-state index in [0.29, 0.717) is 40.1 Å². The van der Waals surface area contributed by atoms with Crippen molar-refractivity contribution in [2.45, 2.75) is 6.42 Å². The van der Waals surface area contributed by atoms with Gasteiger partial charge in [0.2, 0.25) is 5.75 Å². The highest BCUT2D eigenvalue weighted by atomic mass is 35.5. The molecule has 0 spiro atoms. The van der Waals surface area contributed by atoms with E-state index in [0.717, 1.165) is 5.56 Å². The number of hydrogen-bond donors (Lipinski definition) is 1. The van der Waals surface area contributed by atoms with Crippen LogP contribution in [0.25, 0.3) is 0 Å². The first-order chi connectivity index (χ1) is 13.5. The third-order valence-corrected chi connectivity index (χ3v) is 4.25. The molecule has 1 heterocycles. The Kier molecular flexibility index (Phi) is 6.00. The Hall–Kier alpha value is -3.26. The summed E-state index contributed by atoms with van der Waals surface area (Å²) in [4.78, 5) is 12.1. The Balaban J connectivity index is 1.92. The van der Waals surface area contributed by atoms with Crippen LogP contribution in [0, 0.1) is 0 Å². The summed E-state index contributed by atoms with van der Waals surface area (Å²) in [5.74, 6) is 1.93. The summed E-state index contributed by atoms with van der Waals surface area (Å²) in [5, 5.41) is 11.4. The van der Waals surface area contributed by atoms with Gasteiger partial charge in [0.25, 0.3) is 0 Å². The van der Waals surface area contributed by atoms with E-state index in [1.165, 1.54) is 32.2 Å². The highest BCUT2D eigenvalue weighted by Crippen LogP contribution is 2.37. The highest BCUT2D eigenvalue weighted by Gasteiger charge is 2.13. The summed E-state index contributed by atoms with van der Waals surface area (Å²) in [6, 6.07) is 10.8. The molecule has 0 aliphatic carbocycles. The molecule has 0 aliphatic rings. The molecule has 9 heteroatoms. The molecule has 0 fully saturated rings. The van der Waals surface area contributed by atoms with Crippen LogP contribution in [0.1, 0.15) is 17.0 Å². The Labute approximate surface area is 166 Å². The number of nitrogens with zero attached hydrogens (tertiary/aromatic N) is 3. The lowest BCUT2D eigenvalue weighted by Crippen LogP contribution is -2.15. The van der Waals surface area contributed by atoms with Gasteiger partial charge in [-0.05, 0) is 29.8 Å². The van der Waals surface area contributed by atoms with Crippen molar-refractivity contribution in [2.24, 2.45) is 5.10 Å². The average Bonchev–Trinajstić information content (AvgIpc) is 3.06. The Bertz CT molecular complexity index is 1020. The smallest absolute Gasteiger partial charge is 0.364 e. The van der Waals surface area contributed by atoms with Crippen molar-refractivity contribution in [1.29, 1.82) is 0 Å². The largest absolute Gasteiger partial charge is 0.493 e. The average molecular weight is 403 g/mol. The van der Waals surface area contributed by atoms with E-state index in [4.69, 9.17) is 25.8 Å². The third kappa shape index (κ3) is 4.17. The van der Waals surface area contributed by atoms with Gasteiger partial charge in [0.05, 0.1) is 27.5 Å². The van der Waals surface area contributed by atoms with Crippen molar-refractivity contribution >= 4 is 17.8 Å². The summed E-state index contributed by atoms with van der Waals surface area (Å²) < 4.78 is 17.2. The van der Waals surface area contributed by atoms with Gasteiger partial charge in [0.1, 0.15) is 0 Å². The van der Waals surface area contributed by atoms with Crippen LogP contribution in [0.15, 0.2) is 46.3 Å². The normalized spacial score (nSPS) is 11.0. The summed E-state index contributed by atoms with van der Waals surface area (Å²) in [6.07, 6.45) is 1.94. The van der Waals surface area contributed by atoms with Gasteiger partial charge in [-0.3, -0.25) is 0 Å². The second-order valence-electron chi connectivity index (χ2n) is 5.76. The summed E-state index contributed by atoms with van der Waals surface area (Å²) >= 11 is 5.91. The van der Waals surface area contributed by atoms with Crippen molar-refractivity contribution in [3.8, 4) is 17.2 Å². The first-order valence-electron chi connectivity index (χ1n) is 8.30. The maximum atomic E-state index is 12.1. The first-order valence-corrected chi connectivity index (χ1v) is 8.68. The van der Waals surface area contributed by atoms with Gasteiger partial charge in [-0.2, -0.15) is 14.9 Å². The number of ether oxygens (including phenoxy) is 3. The van der Waals surface area contributed by atoms with Crippen LogP contribution in [0.2, 0.25) is 5.02 Å². The van der Waals surface area contributed by atoms with Crippen LogP contribution in [-0.4, -0.2) is 42.4 Å². The molecular weight excluding hydrogens is 384 g/mol. The molecule has 0 aliphatic heterocycles. The number of methoxy groups -OCH3 is 3. The fourth-order valence-corrected chi connectivity index (χ4v) is 2.77. The fourth-order valence-electron chi connectivity index (χ4n) is 2.64. The Morgan fingerprint density at radius 2 is 1.75 bits per heavy atom. The van der Waals surface area contributed by atoms with E-state index in [1.54, 1.807) is 24.3 Å². The molecule has 0 saturated carbocycles. The molecule has 0 atom stereocenters. The number of hydrogen-bond acceptors (Lipinski definition) is 6. The highest BCUT2D eigenvalue weighted by molar-refractivity contribution is 6.30. The van der Waals surface area contributed by atoms with Crippen LogP contribution in [-0.2, 0) is 6.42 Å². The summed E-state index contributed by atoms with van der Waals surface area (Å²) in [6.45, 7) is 0. The van der Waals surface area contributed by atoms with Gasteiger partial charge < -0.3 is 14.2 Å². The maximum Gasteiger partial charge on any atom is 0.364 e. The molecule has 8 nitrogen and oxygen atoms in total. The molecule has 146 valence electrons. The Morgan fingerprint density at radius 1 is 1.11 bits per heavy atom. The quantitative estimate of drug-likeness (QED) is 0.613. The minimum atomic E-state index is -0.437. The number of nitrogens with one attached hydrogen (secondary N) is 1. The monoisotopic (exact) mass is 402 g/mol. The van der Waals surface area contributed by atoms with Crippen molar-refractivity contribution in [3.05, 3.63) is 68.9 Å². The molecule has 1 aromatic heterocycles. The van der Waals surface area contributed by atoms with Crippen molar-refractivity contribution in [2.75, 3.05) is 21.3 Å². The van der Waals surface area contributed by atoms with Crippen LogP contribution in [0.3, 0.4) is 0 Å². The van der Waals surface area contributed by atoms with Crippen molar-refractivity contribution in [3.63, 3.8) is 0 Å². The number of H-pyrrole nitrogens is 1. The number of halogens is 1. The van der Waals surface area contributed by atoms with Crippen molar-refractivity contribution < 1.29 is 14.2 Å². The van der Waals surface area contributed by atoms with Gasteiger partial charge >= 0.3 is 5.69 Å². The molecule has 0 radical (unpaired) electrons. The molecule has 0 amide bonds. The van der Waals surface area contributed by atoms with Crippen LogP contribution in [0.5, 0.6) is 17.2 Å². The summed E-state index contributed by atoms with van der Waals surface area (Å²) in [7, 11) is 4.59. The van der Waals surface area contributed by atoms with Crippen LogP contribution >= 0.6 is 11.6 Å². The molecule has 3 aromatic rings. The number of benzene rings is 2. The zero-order chi connectivity index (χ0) is 20.1. The molecule has 28 heavy (non-hydrogen) atoms. The van der Waals surface area contributed by atoms with E-state index in [2.05, 4.69) is 15.3 Å². The maximum absolute atomic E-state index is 12.1. The van der Waals surface area contributed by atoms with E-state index >= 15 is 0 Å². The van der Waals surface area contributed by atoms with Crippen LogP contribution < -0.4 is 19.9 Å². The zero-order valence-electron chi connectivity index (χ0n) is 15.6. The molecular formula is C19H19ClN4O4. The minimum absolute atomic E-state index is 0.419. The summed E-state index contributed by atoms with van der Waals surface area (Å²) in [5.41, 5.74) is 1.18.